The zero-order valence-corrected chi connectivity index (χ0v) is 10.0. The number of methoxy groups -OCH3 is 2. The van der Waals surface area contributed by atoms with Crippen molar-refractivity contribution in [3.8, 4) is 11.5 Å². The first kappa shape index (κ1) is 11.6. The van der Waals surface area contributed by atoms with Crippen molar-refractivity contribution in [2.45, 2.75) is 6.42 Å². The van der Waals surface area contributed by atoms with Gasteiger partial charge >= 0.3 is 6.03 Å². The molecule has 0 spiro atoms. The zero-order chi connectivity index (χ0) is 12.3. The number of hydrogen-bond donors (Lipinski definition) is 1. The topological polar surface area (TPSA) is 50.8 Å². The molecule has 1 aromatic carbocycles. The normalized spacial score (nSPS) is 15.4. The Morgan fingerprint density at radius 1 is 1.29 bits per heavy atom. The van der Waals surface area contributed by atoms with E-state index in [-0.39, 0.29) is 6.03 Å². The van der Waals surface area contributed by atoms with E-state index in [9.17, 15) is 4.79 Å². The molecule has 1 aliphatic heterocycles. The minimum absolute atomic E-state index is 0.0836. The number of nitrogens with zero attached hydrogens (tertiary/aromatic N) is 1. The molecule has 0 saturated carbocycles. The number of carbonyl (C=O) groups excluding carboxylic acids is 1. The molecule has 0 aliphatic carbocycles. The Labute approximate surface area is 100 Å². The van der Waals surface area contributed by atoms with E-state index < -0.39 is 0 Å². The van der Waals surface area contributed by atoms with Crippen LogP contribution in [0.3, 0.4) is 0 Å². The number of ether oxygens (including phenoxy) is 2. The Balaban J connectivity index is 2.33. The molecule has 1 heterocycles. The van der Waals surface area contributed by atoms with Gasteiger partial charge in [0.1, 0.15) is 11.5 Å². The molecule has 5 heteroatoms. The van der Waals surface area contributed by atoms with Crippen LogP contribution < -0.4 is 19.7 Å². The van der Waals surface area contributed by atoms with Crippen molar-refractivity contribution < 1.29 is 14.3 Å². The lowest BCUT2D eigenvalue weighted by molar-refractivity contribution is 0.242. The third-order valence-corrected chi connectivity index (χ3v) is 2.76. The Morgan fingerprint density at radius 3 is 2.76 bits per heavy atom. The highest BCUT2D eigenvalue weighted by molar-refractivity contribution is 5.94. The monoisotopic (exact) mass is 236 g/mol. The number of hydrogen-bond acceptors (Lipinski definition) is 3. The average Bonchev–Trinajstić information content (AvgIpc) is 2.38. The molecule has 2 amide bonds. The Morgan fingerprint density at radius 2 is 2.12 bits per heavy atom. The van der Waals surface area contributed by atoms with Crippen LogP contribution in [0.2, 0.25) is 0 Å². The molecule has 2 rings (SSSR count). The number of nitrogens with one attached hydrogen (secondary N) is 1. The summed E-state index contributed by atoms with van der Waals surface area (Å²) in [6.45, 7) is 1.43. The number of rotatable bonds is 3. The van der Waals surface area contributed by atoms with E-state index in [2.05, 4.69) is 5.32 Å². The summed E-state index contributed by atoms with van der Waals surface area (Å²) in [5.41, 5.74) is 0.769. The second-order valence-corrected chi connectivity index (χ2v) is 3.77. The van der Waals surface area contributed by atoms with Crippen molar-refractivity contribution in [2.75, 3.05) is 32.2 Å². The summed E-state index contributed by atoms with van der Waals surface area (Å²) in [6, 6.07) is 5.35. The largest absolute Gasteiger partial charge is 0.497 e. The predicted octanol–water partition coefficient (Wildman–Crippen LogP) is 1.62. The molecule has 1 N–H and O–H groups in total. The van der Waals surface area contributed by atoms with Gasteiger partial charge in [-0.05, 0) is 18.6 Å². The van der Waals surface area contributed by atoms with Crippen LogP contribution in [0, 0.1) is 0 Å². The summed E-state index contributed by atoms with van der Waals surface area (Å²) >= 11 is 0. The first-order valence-electron chi connectivity index (χ1n) is 5.53. The van der Waals surface area contributed by atoms with E-state index in [0.717, 1.165) is 18.7 Å². The maximum absolute atomic E-state index is 11.7. The van der Waals surface area contributed by atoms with E-state index in [4.69, 9.17) is 9.47 Å². The fourth-order valence-electron chi connectivity index (χ4n) is 1.87. The van der Waals surface area contributed by atoms with Gasteiger partial charge in [0.15, 0.2) is 0 Å². The molecular weight excluding hydrogens is 220 g/mol. The molecule has 1 aromatic rings. The van der Waals surface area contributed by atoms with Gasteiger partial charge in [-0.2, -0.15) is 0 Å². The van der Waals surface area contributed by atoms with Gasteiger partial charge in [-0.1, -0.05) is 0 Å². The van der Waals surface area contributed by atoms with Crippen LogP contribution in [0.25, 0.3) is 0 Å². The number of urea groups is 1. The quantitative estimate of drug-likeness (QED) is 0.867. The Bertz CT molecular complexity index is 420. The molecule has 1 aliphatic rings. The van der Waals surface area contributed by atoms with E-state index in [0.29, 0.717) is 18.0 Å². The average molecular weight is 236 g/mol. The number of carbonyl (C=O) groups is 1. The molecule has 17 heavy (non-hydrogen) atoms. The molecular formula is C12H16N2O3. The third-order valence-electron chi connectivity index (χ3n) is 2.76. The van der Waals surface area contributed by atoms with Crippen LogP contribution >= 0.6 is 0 Å². The number of amides is 2. The Hall–Kier alpha value is -1.91. The number of benzene rings is 1. The molecule has 0 aromatic heterocycles. The van der Waals surface area contributed by atoms with E-state index in [1.165, 1.54) is 0 Å². The van der Waals surface area contributed by atoms with Crippen molar-refractivity contribution in [1.29, 1.82) is 0 Å². The van der Waals surface area contributed by atoms with Crippen LogP contribution in [0.15, 0.2) is 18.2 Å². The highest BCUT2D eigenvalue weighted by atomic mass is 16.5. The van der Waals surface area contributed by atoms with Crippen molar-refractivity contribution in [3.05, 3.63) is 18.2 Å². The minimum Gasteiger partial charge on any atom is -0.497 e. The molecule has 0 bridgehead atoms. The van der Waals surface area contributed by atoms with Gasteiger partial charge in [-0.15, -0.1) is 0 Å². The molecule has 0 atom stereocenters. The van der Waals surface area contributed by atoms with Crippen LogP contribution in [0.4, 0.5) is 10.5 Å². The minimum atomic E-state index is -0.0836. The Kier molecular flexibility index (Phi) is 3.37. The third kappa shape index (κ3) is 2.27. The summed E-state index contributed by atoms with van der Waals surface area (Å²) < 4.78 is 10.4. The second kappa shape index (κ2) is 4.95. The first-order valence-corrected chi connectivity index (χ1v) is 5.53. The number of anilines is 1. The fraction of sp³-hybridized carbons (Fsp3) is 0.417. The zero-order valence-electron chi connectivity index (χ0n) is 10.0. The van der Waals surface area contributed by atoms with Gasteiger partial charge in [0.05, 0.1) is 19.9 Å². The summed E-state index contributed by atoms with van der Waals surface area (Å²) in [7, 11) is 3.18. The van der Waals surface area contributed by atoms with E-state index in [1.54, 1.807) is 25.2 Å². The van der Waals surface area contributed by atoms with Gasteiger partial charge in [0, 0.05) is 19.2 Å². The van der Waals surface area contributed by atoms with E-state index in [1.807, 2.05) is 12.1 Å². The maximum Gasteiger partial charge on any atom is 0.321 e. The van der Waals surface area contributed by atoms with Gasteiger partial charge in [-0.25, -0.2) is 4.79 Å². The molecule has 0 unspecified atom stereocenters. The van der Waals surface area contributed by atoms with E-state index >= 15 is 0 Å². The first-order chi connectivity index (χ1) is 8.26. The van der Waals surface area contributed by atoms with Gasteiger partial charge in [0.2, 0.25) is 0 Å². The van der Waals surface area contributed by atoms with Crippen molar-refractivity contribution in [1.82, 2.24) is 5.32 Å². The fourth-order valence-corrected chi connectivity index (χ4v) is 1.87. The molecule has 1 fully saturated rings. The smallest absolute Gasteiger partial charge is 0.321 e. The van der Waals surface area contributed by atoms with Gasteiger partial charge in [-0.3, -0.25) is 4.90 Å². The molecule has 0 radical (unpaired) electrons. The van der Waals surface area contributed by atoms with Crippen LogP contribution in [0.1, 0.15) is 6.42 Å². The van der Waals surface area contributed by atoms with Crippen LogP contribution in [0.5, 0.6) is 11.5 Å². The lowest BCUT2D eigenvalue weighted by atomic mass is 10.2. The predicted molar refractivity (Wildman–Crippen MR) is 64.9 cm³/mol. The lowest BCUT2D eigenvalue weighted by Gasteiger charge is -2.28. The highest BCUT2D eigenvalue weighted by Crippen LogP contribution is 2.32. The van der Waals surface area contributed by atoms with Gasteiger partial charge < -0.3 is 14.8 Å². The molecule has 5 nitrogen and oxygen atoms in total. The van der Waals surface area contributed by atoms with Gasteiger partial charge in [0.25, 0.3) is 0 Å². The summed E-state index contributed by atoms with van der Waals surface area (Å²) in [6.07, 6.45) is 0.931. The van der Waals surface area contributed by atoms with Crippen molar-refractivity contribution in [2.24, 2.45) is 0 Å². The van der Waals surface area contributed by atoms with Crippen LogP contribution in [-0.4, -0.2) is 33.3 Å². The maximum atomic E-state index is 11.7. The summed E-state index contributed by atoms with van der Waals surface area (Å²) in [4.78, 5) is 13.4. The molecule has 92 valence electrons. The second-order valence-electron chi connectivity index (χ2n) is 3.77. The van der Waals surface area contributed by atoms with Crippen LogP contribution in [-0.2, 0) is 0 Å². The SMILES string of the molecule is COc1ccc(N2CCCNC2=O)c(OC)c1. The van der Waals surface area contributed by atoms with Crippen molar-refractivity contribution in [3.63, 3.8) is 0 Å². The highest BCUT2D eigenvalue weighted by Gasteiger charge is 2.22. The summed E-state index contributed by atoms with van der Waals surface area (Å²) in [5.74, 6) is 1.35. The summed E-state index contributed by atoms with van der Waals surface area (Å²) in [5, 5.41) is 2.81. The molecule has 1 saturated heterocycles. The lowest BCUT2D eigenvalue weighted by Crippen LogP contribution is -2.46. The standard InChI is InChI=1S/C12H16N2O3/c1-16-9-4-5-10(11(8-9)17-2)14-7-3-6-13-12(14)15/h4-5,8H,3,6-7H2,1-2H3,(H,13,15). The van der Waals surface area contributed by atoms with Crippen molar-refractivity contribution >= 4 is 11.7 Å².